The average molecular weight is 251 g/mol. The van der Waals surface area contributed by atoms with Gasteiger partial charge < -0.3 is 9.84 Å². The van der Waals surface area contributed by atoms with Crippen molar-refractivity contribution in [1.29, 1.82) is 0 Å². The number of carboxylic acid groups (broad SMARTS) is 1. The molecule has 2 N–H and O–H groups in total. The lowest BCUT2D eigenvalue weighted by Gasteiger charge is -2.15. The van der Waals surface area contributed by atoms with E-state index >= 15 is 0 Å². The van der Waals surface area contributed by atoms with Gasteiger partial charge in [0.2, 0.25) is 10.0 Å². The van der Waals surface area contributed by atoms with E-state index in [1.54, 1.807) is 0 Å². The lowest BCUT2D eigenvalue weighted by atomic mass is 10.2. The van der Waals surface area contributed by atoms with Gasteiger partial charge in [-0.15, -0.1) is 0 Å². The van der Waals surface area contributed by atoms with Crippen LogP contribution in [0.2, 0.25) is 0 Å². The van der Waals surface area contributed by atoms with E-state index in [1.807, 2.05) is 6.92 Å². The van der Waals surface area contributed by atoms with E-state index in [0.29, 0.717) is 13.0 Å². The van der Waals surface area contributed by atoms with Gasteiger partial charge in [0, 0.05) is 19.1 Å². The van der Waals surface area contributed by atoms with E-state index in [0.717, 1.165) is 0 Å². The zero-order valence-corrected chi connectivity index (χ0v) is 10.00. The minimum Gasteiger partial charge on any atom is -0.481 e. The summed E-state index contributed by atoms with van der Waals surface area (Å²) in [6.07, 6.45) is 0.554. The van der Waals surface area contributed by atoms with Crippen molar-refractivity contribution in [3.05, 3.63) is 0 Å². The zero-order valence-electron chi connectivity index (χ0n) is 9.18. The third-order valence-corrected chi connectivity index (χ3v) is 4.00. The van der Waals surface area contributed by atoms with E-state index in [-0.39, 0.29) is 30.7 Å². The maximum atomic E-state index is 11.6. The van der Waals surface area contributed by atoms with E-state index in [2.05, 4.69) is 4.72 Å². The second-order valence-electron chi connectivity index (χ2n) is 3.91. The topological polar surface area (TPSA) is 92.7 Å². The van der Waals surface area contributed by atoms with Gasteiger partial charge in [0.25, 0.3) is 0 Å². The Kier molecular flexibility index (Phi) is 4.69. The summed E-state index contributed by atoms with van der Waals surface area (Å²) < 4.78 is 30.9. The van der Waals surface area contributed by atoms with Crippen LogP contribution in [0.1, 0.15) is 26.2 Å². The van der Waals surface area contributed by atoms with Gasteiger partial charge in [0.15, 0.2) is 0 Å². The van der Waals surface area contributed by atoms with Gasteiger partial charge in [0.1, 0.15) is 0 Å². The maximum absolute atomic E-state index is 11.6. The van der Waals surface area contributed by atoms with Crippen LogP contribution in [0.25, 0.3) is 0 Å². The molecule has 0 aliphatic carbocycles. The molecule has 2 atom stereocenters. The smallest absolute Gasteiger partial charge is 0.303 e. The number of nitrogens with one attached hydrogen (secondary N) is 1. The van der Waals surface area contributed by atoms with Gasteiger partial charge >= 0.3 is 5.97 Å². The SMILES string of the molecule is CC1OCCC1NS(=O)(=O)CCCC(=O)O. The minimum atomic E-state index is -3.39. The molecule has 16 heavy (non-hydrogen) atoms. The van der Waals surface area contributed by atoms with E-state index in [1.165, 1.54) is 0 Å². The number of sulfonamides is 1. The molecule has 7 heteroatoms. The molecule has 0 bridgehead atoms. The van der Waals surface area contributed by atoms with Crippen molar-refractivity contribution in [2.45, 2.75) is 38.3 Å². The van der Waals surface area contributed by atoms with Gasteiger partial charge in [-0.1, -0.05) is 0 Å². The summed E-state index contributed by atoms with van der Waals surface area (Å²) in [5.74, 6) is -1.13. The summed E-state index contributed by atoms with van der Waals surface area (Å²) in [4.78, 5) is 10.2. The standard InChI is InChI=1S/C9H17NO5S/c1-7-8(4-5-15-7)10-16(13,14)6-2-3-9(11)12/h7-8,10H,2-6H2,1H3,(H,11,12). The van der Waals surface area contributed by atoms with Crippen LogP contribution in [-0.2, 0) is 19.6 Å². The number of hydrogen-bond acceptors (Lipinski definition) is 4. The predicted molar refractivity (Wildman–Crippen MR) is 57.6 cm³/mol. The van der Waals surface area contributed by atoms with Crippen LogP contribution >= 0.6 is 0 Å². The average Bonchev–Trinajstić information content (AvgIpc) is 2.50. The monoisotopic (exact) mass is 251 g/mol. The largest absolute Gasteiger partial charge is 0.481 e. The molecular weight excluding hydrogens is 234 g/mol. The van der Waals surface area contributed by atoms with Crippen LogP contribution in [0.5, 0.6) is 0 Å². The molecule has 0 aromatic heterocycles. The van der Waals surface area contributed by atoms with Crippen LogP contribution in [0.3, 0.4) is 0 Å². The molecular formula is C9H17NO5S. The Labute approximate surface area is 95.0 Å². The quantitative estimate of drug-likeness (QED) is 0.690. The molecule has 0 amide bonds. The highest BCUT2D eigenvalue weighted by atomic mass is 32.2. The molecule has 2 unspecified atom stereocenters. The van der Waals surface area contributed by atoms with Crippen LogP contribution in [-0.4, -0.2) is 44.0 Å². The Morgan fingerprint density at radius 3 is 2.75 bits per heavy atom. The second-order valence-corrected chi connectivity index (χ2v) is 5.78. The van der Waals surface area contributed by atoms with Gasteiger partial charge in [-0.3, -0.25) is 4.79 Å². The predicted octanol–water partition coefficient (Wildman–Crippen LogP) is -0.0520. The Morgan fingerprint density at radius 2 is 2.25 bits per heavy atom. The number of rotatable bonds is 6. The van der Waals surface area contributed by atoms with E-state index in [4.69, 9.17) is 9.84 Å². The van der Waals surface area contributed by atoms with Crippen molar-refractivity contribution in [2.75, 3.05) is 12.4 Å². The molecule has 0 aromatic carbocycles. The van der Waals surface area contributed by atoms with Gasteiger partial charge in [-0.05, 0) is 19.8 Å². The van der Waals surface area contributed by atoms with Crippen molar-refractivity contribution < 1.29 is 23.1 Å². The molecule has 94 valence electrons. The van der Waals surface area contributed by atoms with Crippen molar-refractivity contribution in [1.82, 2.24) is 4.72 Å². The highest BCUT2D eigenvalue weighted by molar-refractivity contribution is 7.89. The van der Waals surface area contributed by atoms with Crippen molar-refractivity contribution in [3.8, 4) is 0 Å². The second kappa shape index (κ2) is 5.60. The van der Waals surface area contributed by atoms with E-state index in [9.17, 15) is 13.2 Å². The number of carbonyl (C=O) groups is 1. The molecule has 1 saturated heterocycles. The van der Waals surface area contributed by atoms with Gasteiger partial charge in [-0.2, -0.15) is 0 Å². The summed E-state index contributed by atoms with van der Waals surface area (Å²) >= 11 is 0. The van der Waals surface area contributed by atoms with Crippen LogP contribution in [0.15, 0.2) is 0 Å². The lowest BCUT2D eigenvalue weighted by molar-refractivity contribution is -0.137. The number of hydrogen-bond donors (Lipinski definition) is 2. The molecule has 1 aliphatic rings. The normalized spacial score (nSPS) is 25.8. The Bertz CT molecular complexity index is 340. The maximum Gasteiger partial charge on any atom is 0.303 e. The third-order valence-electron chi connectivity index (χ3n) is 2.51. The van der Waals surface area contributed by atoms with Crippen LogP contribution in [0, 0.1) is 0 Å². The highest BCUT2D eigenvalue weighted by Crippen LogP contribution is 2.13. The molecule has 0 saturated carbocycles. The fourth-order valence-corrected chi connectivity index (χ4v) is 3.00. The molecule has 1 heterocycles. The van der Waals surface area contributed by atoms with Crippen LogP contribution in [0.4, 0.5) is 0 Å². The summed E-state index contributed by atoms with van der Waals surface area (Å²) in [6, 6.07) is -0.185. The zero-order chi connectivity index (χ0) is 12.2. The lowest BCUT2D eigenvalue weighted by Crippen LogP contribution is -2.40. The first-order chi connectivity index (χ1) is 7.41. The Morgan fingerprint density at radius 1 is 1.56 bits per heavy atom. The summed E-state index contributed by atoms with van der Waals surface area (Å²) in [5.41, 5.74) is 0. The van der Waals surface area contributed by atoms with Crippen molar-refractivity contribution >= 4 is 16.0 Å². The van der Waals surface area contributed by atoms with Crippen molar-refractivity contribution in [2.24, 2.45) is 0 Å². The number of ether oxygens (including phenoxy) is 1. The highest BCUT2D eigenvalue weighted by Gasteiger charge is 2.28. The fraction of sp³-hybridized carbons (Fsp3) is 0.889. The number of carboxylic acids is 1. The summed E-state index contributed by atoms with van der Waals surface area (Å²) in [6.45, 7) is 2.38. The third kappa shape index (κ3) is 4.46. The Hall–Kier alpha value is -0.660. The summed E-state index contributed by atoms with van der Waals surface area (Å²) in [5, 5.41) is 8.40. The van der Waals surface area contributed by atoms with E-state index < -0.39 is 16.0 Å². The Balaban J connectivity index is 2.36. The molecule has 1 aliphatic heterocycles. The number of aliphatic carboxylic acids is 1. The molecule has 0 radical (unpaired) electrons. The summed E-state index contributed by atoms with van der Waals surface area (Å²) in [7, 11) is -3.39. The molecule has 1 rings (SSSR count). The minimum absolute atomic E-state index is 0.116. The first-order valence-electron chi connectivity index (χ1n) is 5.24. The fourth-order valence-electron chi connectivity index (χ4n) is 1.59. The van der Waals surface area contributed by atoms with Gasteiger partial charge in [-0.25, -0.2) is 13.1 Å². The molecule has 6 nitrogen and oxygen atoms in total. The van der Waals surface area contributed by atoms with Crippen LogP contribution < -0.4 is 4.72 Å². The molecule has 0 spiro atoms. The first-order valence-corrected chi connectivity index (χ1v) is 6.89. The molecule has 1 fully saturated rings. The van der Waals surface area contributed by atoms with Gasteiger partial charge in [0.05, 0.1) is 11.9 Å². The molecule has 0 aromatic rings. The van der Waals surface area contributed by atoms with Crippen molar-refractivity contribution in [3.63, 3.8) is 0 Å². The first kappa shape index (κ1) is 13.4.